The van der Waals surface area contributed by atoms with Crippen molar-refractivity contribution in [1.29, 1.82) is 0 Å². The number of H-pyrrole nitrogens is 2. The van der Waals surface area contributed by atoms with Gasteiger partial charge in [-0.2, -0.15) is 0 Å². The molecule has 2 rings (SSSR count). The Morgan fingerprint density at radius 3 is 2.47 bits per heavy atom. The number of aromatic amines is 2. The molecule has 0 spiro atoms. The van der Waals surface area contributed by atoms with Crippen LogP contribution in [0.2, 0.25) is 5.02 Å². The maximum Gasteiger partial charge on any atom is 0.259 e. The maximum absolute atomic E-state index is 11.6. The molecule has 0 unspecified atom stereocenters. The second-order valence-corrected chi connectivity index (χ2v) is 3.84. The van der Waals surface area contributed by atoms with E-state index in [9.17, 15) is 4.79 Å². The van der Waals surface area contributed by atoms with Crippen LogP contribution < -0.4 is 5.56 Å². The van der Waals surface area contributed by atoms with Crippen LogP contribution in [0.25, 0.3) is 11.1 Å². The normalized spacial score (nSPS) is 10.2. The number of aromatic nitrogens is 2. The predicted octanol–water partition coefficient (Wildman–Crippen LogP) is 2.75. The lowest BCUT2D eigenvalue weighted by Gasteiger charge is -1.99. The molecule has 0 fully saturated rings. The van der Waals surface area contributed by atoms with Crippen molar-refractivity contribution < 1.29 is 0 Å². The quantitative estimate of drug-likeness (QED) is 0.751. The average Bonchev–Trinajstić information content (AvgIpc) is 2.20. The van der Waals surface area contributed by atoms with Crippen molar-refractivity contribution in [3.63, 3.8) is 0 Å². The largest absolute Gasteiger partial charge is 0.338 e. The minimum Gasteiger partial charge on any atom is -0.338 e. The van der Waals surface area contributed by atoms with Gasteiger partial charge in [-0.05, 0) is 29.9 Å². The molecule has 15 heavy (non-hydrogen) atoms. The lowest BCUT2D eigenvalue weighted by Crippen LogP contribution is -2.09. The Balaban J connectivity index is 2.59. The van der Waals surface area contributed by atoms with Crippen LogP contribution in [-0.2, 0) is 0 Å². The van der Waals surface area contributed by atoms with E-state index >= 15 is 0 Å². The molecule has 2 aromatic rings. The molecule has 3 nitrogen and oxygen atoms in total. The fourth-order valence-electron chi connectivity index (χ4n) is 1.25. The first-order valence-electron chi connectivity index (χ1n) is 4.25. The van der Waals surface area contributed by atoms with Crippen LogP contribution in [0.1, 0.15) is 0 Å². The first-order chi connectivity index (χ1) is 7.16. The number of rotatable bonds is 1. The van der Waals surface area contributed by atoms with Gasteiger partial charge in [-0.15, -0.1) is 0 Å². The Bertz CT molecular complexity index is 585. The summed E-state index contributed by atoms with van der Waals surface area (Å²) < 4.78 is 0.317. The highest BCUT2D eigenvalue weighted by molar-refractivity contribution is 7.71. The molecule has 0 atom stereocenters. The van der Waals surface area contributed by atoms with Crippen molar-refractivity contribution in [2.45, 2.75) is 0 Å². The summed E-state index contributed by atoms with van der Waals surface area (Å²) in [7, 11) is 0. The summed E-state index contributed by atoms with van der Waals surface area (Å²) in [5.74, 6) is 0. The summed E-state index contributed by atoms with van der Waals surface area (Å²) in [6.45, 7) is 0. The van der Waals surface area contributed by atoms with Crippen molar-refractivity contribution in [1.82, 2.24) is 9.97 Å². The van der Waals surface area contributed by atoms with Crippen LogP contribution in [0.15, 0.2) is 35.3 Å². The molecule has 0 saturated heterocycles. The summed E-state index contributed by atoms with van der Waals surface area (Å²) in [6, 6.07) is 7.03. The van der Waals surface area contributed by atoms with Gasteiger partial charge in [-0.1, -0.05) is 23.7 Å². The van der Waals surface area contributed by atoms with Gasteiger partial charge in [0.25, 0.3) is 5.56 Å². The molecular formula is C10H7ClN2OS. The number of hydrogen-bond acceptors (Lipinski definition) is 2. The van der Waals surface area contributed by atoms with Crippen LogP contribution in [-0.4, -0.2) is 9.97 Å². The summed E-state index contributed by atoms with van der Waals surface area (Å²) in [4.78, 5) is 16.9. The molecule has 0 amide bonds. The minimum atomic E-state index is -0.207. The van der Waals surface area contributed by atoms with Crippen molar-refractivity contribution in [3.05, 3.63) is 50.6 Å². The van der Waals surface area contributed by atoms with Gasteiger partial charge in [0.1, 0.15) is 0 Å². The Labute approximate surface area is 95.8 Å². The highest BCUT2D eigenvalue weighted by Crippen LogP contribution is 2.17. The number of hydrogen-bond donors (Lipinski definition) is 2. The van der Waals surface area contributed by atoms with Gasteiger partial charge >= 0.3 is 0 Å². The van der Waals surface area contributed by atoms with Crippen LogP contribution in [0.5, 0.6) is 0 Å². The molecule has 0 radical (unpaired) electrons. The van der Waals surface area contributed by atoms with Gasteiger partial charge in [0.15, 0.2) is 4.77 Å². The first kappa shape index (κ1) is 10.1. The zero-order chi connectivity index (χ0) is 10.8. The predicted molar refractivity (Wildman–Crippen MR) is 62.7 cm³/mol. The molecule has 1 aromatic heterocycles. The van der Waals surface area contributed by atoms with E-state index in [-0.39, 0.29) is 5.56 Å². The van der Waals surface area contributed by atoms with Gasteiger partial charge < -0.3 is 4.98 Å². The first-order valence-corrected chi connectivity index (χ1v) is 5.03. The summed E-state index contributed by atoms with van der Waals surface area (Å²) in [6.07, 6.45) is 1.59. The Morgan fingerprint density at radius 2 is 1.87 bits per heavy atom. The fourth-order valence-corrected chi connectivity index (χ4v) is 1.53. The summed E-state index contributed by atoms with van der Waals surface area (Å²) in [5.41, 5.74) is 1.13. The van der Waals surface area contributed by atoms with E-state index in [1.807, 2.05) is 0 Å². The topological polar surface area (TPSA) is 48.6 Å². The van der Waals surface area contributed by atoms with Crippen LogP contribution >= 0.6 is 23.8 Å². The summed E-state index contributed by atoms with van der Waals surface area (Å²) in [5, 5.41) is 0.638. The zero-order valence-electron chi connectivity index (χ0n) is 7.58. The Kier molecular flexibility index (Phi) is 2.70. The second-order valence-electron chi connectivity index (χ2n) is 2.99. The van der Waals surface area contributed by atoms with Gasteiger partial charge in [0.05, 0.1) is 5.56 Å². The molecule has 0 bridgehead atoms. The molecule has 76 valence electrons. The van der Waals surface area contributed by atoms with E-state index in [1.165, 1.54) is 0 Å². The molecule has 0 aliphatic heterocycles. The SMILES string of the molecule is O=c1[nH]c(=S)[nH]cc1-c1ccc(Cl)cc1. The molecule has 0 aliphatic carbocycles. The van der Waals surface area contributed by atoms with E-state index in [4.69, 9.17) is 23.8 Å². The minimum absolute atomic E-state index is 0.207. The van der Waals surface area contributed by atoms with Gasteiger partial charge in [-0.3, -0.25) is 9.78 Å². The lowest BCUT2D eigenvalue weighted by molar-refractivity contribution is 1.09. The maximum atomic E-state index is 11.6. The standard InChI is InChI=1S/C10H7ClN2OS/c11-7-3-1-6(2-4-7)8-5-12-10(15)13-9(8)14/h1-5H,(H2,12,13,14,15). The highest BCUT2D eigenvalue weighted by Gasteiger charge is 2.01. The third-order valence-corrected chi connectivity index (χ3v) is 2.45. The Hall–Kier alpha value is -1.39. The van der Waals surface area contributed by atoms with E-state index in [0.29, 0.717) is 15.4 Å². The molecule has 1 aromatic carbocycles. The summed E-state index contributed by atoms with van der Waals surface area (Å²) >= 11 is 10.6. The molecule has 0 saturated carbocycles. The third-order valence-electron chi connectivity index (χ3n) is 1.97. The van der Waals surface area contributed by atoms with E-state index in [2.05, 4.69) is 9.97 Å². The van der Waals surface area contributed by atoms with Crippen molar-refractivity contribution in [3.8, 4) is 11.1 Å². The highest BCUT2D eigenvalue weighted by atomic mass is 35.5. The third kappa shape index (κ3) is 2.16. The van der Waals surface area contributed by atoms with Crippen LogP contribution in [0.3, 0.4) is 0 Å². The average molecular weight is 239 g/mol. The van der Waals surface area contributed by atoms with E-state index < -0.39 is 0 Å². The zero-order valence-corrected chi connectivity index (χ0v) is 9.15. The van der Waals surface area contributed by atoms with Gasteiger partial charge in [-0.25, -0.2) is 0 Å². The number of nitrogens with one attached hydrogen (secondary N) is 2. The smallest absolute Gasteiger partial charge is 0.259 e. The van der Waals surface area contributed by atoms with Gasteiger partial charge in [0, 0.05) is 11.2 Å². The fraction of sp³-hybridized carbons (Fsp3) is 0. The van der Waals surface area contributed by atoms with Gasteiger partial charge in [0.2, 0.25) is 0 Å². The monoisotopic (exact) mass is 238 g/mol. The Morgan fingerprint density at radius 1 is 1.20 bits per heavy atom. The van der Waals surface area contributed by atoms with Crippen LogP contribution in [0, 0.1) is 4.77 Å². The molecular weight excluding hydrogens is 232 g/mol. The van der Waals surface area contributed by atoms with Crippen molar-refractivity contribution >= 4 is 23.8 Å². The van der Waals surface area contributed by atoms with E-state index in [0.717, 1.165) is 5.56 Å². The number of benzene rings is 1. The molecule has 5 heteroatoms. The van der Waals surface area contributed by atoms with Crippen molar-refractivity contribution in [2.24, 2.45) is 0 Å². The number of halogens is 1. The van der Waals surface area contributed by atoms with Crippen molar-refractivity contribution in [2.75, 3.05) is 0 Å². The van der Waals surface area contributed by atoms with E-state index in [1.54, 1.807) is 30.5 Å². The van der Waals surface area contributed by atoms with Crippen LogP contribution in [0.4, 0.5) is 0 Å². The lowest BCUT2D eigenvalue weighted by atomic mass is 10.1. The second kappa shape index (κ2) is 4.00. The molecule has 0 aliphatic rings. The molecule has 1 heterocycles. The molecule has 2 N–H and O–H groups in total.